The van der Waals surface area contributed by atoms with E-state index in [0.717, 1.165) is 22.0 Å². The highest BCUT2D eigenvalue weighted by molar-refractivity contribution is 9.11. The Bertz CT molecular complexity index is 315. The van der Waals surface area contributed by atoms with Crippen LogP contribution in [-0.4, -0.2) is 24.2 Å². The van der Waals surface area contributed by atoms with E-state index in [1.165, 1.54) is 0 Å². The first-order chi connectivity index (χ1) is 6.25. The number of nitrogens with one attached hydrogen (secondary N) is 1. The van der Waals surface area contributed by atoms with E-state index in [0.29, 0.717) is 5.88 Å². The molecule has 0 radical (unpaired) electrons. The summed E-state index contributed by atoms with van der Waals surface area (Å²) in [5.74, 6) is 0.662. The zero-order valence-electron chi connectivity index (χ0n) is 6.76. The van der Waals surface area contributed by atoms with Gasteiger partial charge in [0, 0.05) is 23.8 Å². The third-order valence-corrected chi connectivity index (χ3v) is 2.80. The normalized spacial score (nSPS) is 16.8. The largest absolute Gasteiger partial charge is 0.471 e. The van der Waals surface area contributed by atoms with Crippen LogP contribution in [0.15, 0.2) is 21.2 Å². The molecule has 2 heterocycles. The second-order valence-corrected chi connectivity index (χ2v) is 4.61. The molecule has 1 N–H and O–H groups in total. The average Bonchev–Trinajstić information content (AvgIpc) is 1.99. The number of hydrogen-bond donors (Lipinski definition) is 1. The molecule has 1 fully saturated rings. The Hall–Kier alpha value is -0.130. The maximum atomic E-state index is 5.59. The Morgan fingerprint density at radius 3 is 2.77 bits per heavy atom. The Morgan fingerprint density at radius 1 is 1.46 bits per heavy atom. The second kappa shape index (κ2) is 3.94. The van der Waals surface area contributed by atoms with Gasteiger partial charge in [0.1, 0.15) is 6.10 Å². The SMILES string of the molecule is Brc1cnc(OC2CNC2)c(Br)c1. The zero-order chi connectivity index (χ0) is 9.26. The highest BCUT2D eigenvalue weighted by Crippen LogP contribution is 2.26. The van der Waals surface area contributed by atoms with Crippen LogP contribution in [0.4, 0.5) is 0 Å². The van der Waals surface area contributed by atoms with Gasteiger partial charge in [-0.15, -0.1) is 0 Å². The van der Waals surface area contributed by atoms with Gasteiger partial charge in [-0.3, -0.25) is 0 Å². The van der Waals surface area contributed by atoms with E-state index in [-0.39, 0.29) is 6.10 Å². The van der Waals surface area contributed by atoms with E-state index in [1.54, 1.807) is 6.20 Å². The molecule has 0 saturated carbocycles. The molecule has 0 aliphatic carbocycles. The number of pyridine rings is 1. The van der Waals surface area contributed by atoms with Crippen LogP contribution in [0.5, 0.6) is 5.88 Å². The van der Waals surface area contributed by atoms with Crippen LogP contribution in [0.3, 0.4) is 0 Å². The maximum Gasteiger partial charge on any atom is 0.228 e. The van der Waals surface area contributed by atoms with Crippen LogP contribution in [0, 0.1) is 0 Å². The van der Waals surface area contributed by atoms with Crippen molar-refractivity contribution in [3.8, 4) is 5.88 Å². The van der Waals surface area contributed by atoms with Crippen LogP contribution < -0.4 is 10.1 Å². The van der Waals surface area contributed by atoms with Crippen molar-refractivity contribution in [2.24, 2.45) is 0 Å². The molecule has 70 valence electrons. The molecule has 3 nitrogen and oxygen atoms in total. The monoisotopic (exact) mass is 306 g/mol. The first-order valence-corrected chi connectivity index (χ1v) is 5.53. The van der Waals surface area contributed by atoms with Gasteiger partial charge in [-0.1, -0.05) is 0 Å². The topological polar surface area (TPSA) is 34.1 Å². The summed E-state index contributed by atoms with van der Waals surface area (Å²) in [4.78, 5) is 4.16. The molecule has 1 aliphatic rings. The van der Waals surface area contributed by atoms with Gasteiger partial charge in [0.05, 0.1) is 4.47 Å². The molecule has 1 aliphatic heterocycles. The lowest BCUT2D eigenvalue weighted by molar-refractivity contribution is 0.135. The fourth-order valence-electron chi connectivity index (χ4n) is 0.992. The van der Waals surface area contributed by atoms with Crippen molar-refractivity contribution < 1.29 is 4.74 Å². The molecule has 0 atom stereocenters. The predicted molar refractivity (Wildman–Crippen MR) is 56.9 cm³/mol. The van der Waals surface area contributed by atoms with E-state index >= 15 is 0 Å². The molecular weight excluding hydrogens is 300 g/mol. The smallest absolute Gasteiger partial charge is 0.228 e. The van der Waals surface area contributed by atoms with Gasteiger partial charge in [0.2, 0.25) is 5.88 Å². The number of aromatic nitrogens is 1. The lowest BCUT2D eigenvalue weighted by Crippen LogP contribution is -2.50. The first-order valence-electron chi connectivity index (χ1n) is 3.94. The van der Waals surface area contributed by atoms with Crippen LogP contribution in [-0.2, 0) is 0 Å². The lowest BCUT2D eigenvalue weighted by Gasteiger charge is -2.27. The predicted octanol–water partition coefficient (Wildman–Crippen LogP) is 1.96. The molecule has 13 heavy (non-hydrogen) atoms. The molecule has 0 unspecified atom stereocenters. The van der Waals surface area contributed by atoms with Crippen LogP contribution in [0.1, 0.15) is 0 Å². The van der Waals surface area contributed by atoms with E-state index < -0.39 is 0 Å². The highest BCUT2D eigenvalue weighted by Gasteiger charge is 2.19. The summed E-state index contributed by atoms with van der Waals surface area (Å²) in [6, 6.07) is 1.93. The van der Waals surface area contributed by atoms with Crippen molar-refractivity contribution in [3.05, 3.63) is 21.2 Å². The third-order valence-electron chi connectivity index (χ3n) is 1.80. The lowest BCUT2D eigenvalue weighted by atomic mass is 10.2. The van der Waals surface area contributed by atoms with Crippen molar-refractivity contribution in [2.45, 2.75) is 6.10 Å². The minimum atomic E-state index is 0.268. The summed E-state index contributed by atoms with van der Waals surface area (Å²) in [6.07, 6.45) is 2.00. The maximum absolute atomic E-state index is 5.59. The van der Waals surface area contributed by atoms with Crippen molar-refractivity contribution in [1.29, 1.82) is 0 Å². The van der Waals surface area contributed by atoms with Gasteiger partial charge >= 0.3 is 0 Å². The summed E-state index contributed by atoms with van der Waals surface area (Å²) in [7, 11) is 0. The summed E-state index contributed by atoms with van der Waals surface area (Å²) in [5, 5.41) is 3.13. The van der Waals surface area contributed by atoms with E-state index in [2.05, 4.69) is 42.2 Å². The van der Waals surface area contributed by atoms with Gasteiger partial charge < -0.3 is 10.1 Å². The molecular formula is C8H8Br2N2O. The molecule has 0 spiro atoms. The van der Waals surface area contributed by atoms with E-state index in [4.69, 9.17) is 4.74 Å². The van der Waals surface area contributed by atoms with Gasteiger partial charge in [0.25, 0.3) is 0 Å². The average molecular weight is 308 g/mol. The number of halogens is 2. The fourth-order valence-corrected chi connectivity index (χ4v) is 2.07. The molecule has 1 aromatic rings. The van der Waals surface area contributed by atoms with Gasteiger partial charge in [-0.25, -0.2) is 4.98 Å². The molecule has 2 rings (SSSR count). The van der Waals surface area contributed by atoms with E-state index in [9.17, 15) is 0 Å². The summed E-state index contributed by atoms with van der Waals surface area (Å²) >= 11 is 6.72. The van der Waals surface area contributed by atoms with E-state index in [1.807, 2.05) is 6.07 Å². The molecule has 0 aromatic carbocycles. The highest BCUT2D eigenvalue weighted by atomic mass is 79.9. The van der Waals surface area contributed by atoms with Gasteiger partial charge in [-0.05, 0) is 37.9 Å². The number of rotatable bonds is 2. The molecule has 1 saturated heterocycles. The van der Waals surface area contributed by atoms with Crippen molar-refractivity contribution >= 4 is 31.9 Å². The Kier molecular flexibility index (Phi) is 2.86. The van der Waals surface area contributed by atoms with Crippen molar-refractivity contribution in [1.82, 2.24) is 10.3 Å². The molecule has 5 heteroatoms. The summed E-state index contributed by atoms with van der Waals surface area (Å²) in [6.45, 7) is 1.81. The number of hydrogen-bond acceptors (Lipinski definition) is 3. The number of nitrogens with zero attached hydrogens (tertiary/aromatic N) is 1. The minimum Gasteiger partial charge on any atom is -0.471 e. The van der Waals surface area contributed by atoms with Gasteiger partial charge in [-0.2, -0.15) is 0 Å². The number of ether oxygens (including phenoxy) is 1. The Balaban J connectivity index is 2.10. The third kappa shape index (κ3) is 2.21. The summed E-state index contributed by atoms with van der Waals surface area (Å²) < 4.78 is 7.42. The van der Waals surface area contributed by atoms with Crippen LogP contribution in [0.2, 0.25) is 0 Å². The Labute approximate surface area is 93.1 Å². The first kappa shape index (κ1) is 9.43. The van der Waals surface area contributed by atoms with Gasteiger partial charge in [0.15, 0.2) is 0 Å². The quantitative estimate of drug-likeness (QED) is 0.907. The molecule has 0 bridgehead atoms. The minimum absolute atomic E-state index is 0.268. The molecule has 1 aromatic heterocycles. The fraction of sp³-hybridized carbons (Fsp3) is 0.375. The summed E-state index contributed by atoms with van der Waals surface area (Å²) in [5.41, 5.74) is 0. The van der Waals surface area contributed by atoms with Crippen molar-refractivity contribution in [2.75, 3.05) is 13.1 Å². The second-order valence-electron chi connectivity index (χ2n) is 2.84. The zero-order valence-corrected chi connectivity index (χ0v) is 9.93. The standard InChI is InChI=1S/C8H8Br2N2O/c9-5-1-7(10)8(12-2-5)13-6-3-11-4-6/h1-2,6,11H,3-4H2. The van der Waals surface area contributed by atoms with Crippen molar-refractivity contribution in [3.63, 3.8) is 0 Å². The van der Waals surface area contributed by atoms with Crippen LogP contribution >= 0.6 is 31.9 Å². The molecule has 0 amide bonds. The van der Waals surface area contributed by atoms with Crippen LogP contribution in [0.25, 0.3) is 0 Å². The Morgan fingerprint density at radius 2 is 2.23 bits per heavy atom.